The summed E-state index contributed by atoms with van der Waals surface area (Å²) in [5, 5.41) is 9.43. The number of oxazole rings is 1. The molecule has 0 saturated carbocycles. The van der Waals surface area contributed by atoms with Crippen LogP contribution in [0.4, 0.5) is 0 Å². The maximum absolute atomic E-state index is 9.43. The highest BCUT2D eigenvalue weighted by Gasteiger charge is 2.10. The summed E-state index contributed by atoms with van der Waals surface area (Å²) in [6, 6.07) is 0. The molecule has 1 aromatic rings. The molecule has 1 aromatic heterocycles. The molecule has 0 aliphatic carbocycles. The summed E-state index contributed by atoms with van der Waals surface area (Å²) in [6.07, 6.45) is 4.06. The lowest BCUT2D eigenvalue weighted by Gasteiger charge is -2.10. The Morgan fingerprint density at radius 2 is 2.43 bits per heavy atom. The van der Waals surface area contributed by atoms with Crippen LogP contribution >= 0.6 is 0 Å². The molecule has 0 saturated heterocycles. The zero-order chi connectivity index (χ0) is 10.4. The smallest absolute Gasteiger partial charge is 0.180 e. The van der Waals surface area contributed by atoms with Gasteiger partial charge in [-0.3, -0.25) is 0 Å². The van der Waals surface area contributed by atoms with E-state index in [9.17, 15) is 5.11 Å². The largest absolute Gasteiger partial charge is 0.449 e. The fourth-order valence-corrected chi connectivity index (χ4v) is 1.38. The Labute approximate surface area is 84.2 Å². The van der Waals surface area contributed by atoms with Gasteiger partial charge < -0.3 is 9.52 Å². The van der Waals surface area contributed by atoms with E-state index in [0.29, 0.717) is 12.3 Å². The average Bonchev–Trinajstić information content (AvgIpc) is 2.56. The molecule has 3 heteroatoms. The van der Waals surface area contributed by atoms with E-state index in [1.165, 1.54) is 6.39 Å². The van der Waals surface area contributed by atoms with Crippen molar-refractivity contribution >= 4 is 0 Å². The molecule has 0 aromatic carbocycles. The third kappa shape index (κ3) is 3.63. The van der Waals surface area contributed by atoms with Gasteiger partial charge in [-0.2, -0.15) is 0 Å². The van der Waals surface area contributed by atoms with E-state index < -0.39 is 6.10 Å². The van der Waals surface area contributed by atoms with Crippen LogP contribution in [0.1, 0.15) is 26.0 Å². The van der Waals surface area contributed by atoms with Gasteiger partial charge in [-0.05, 0) is 19.3 Å². The van der Waals surface area contributed by atoms with E-state index in [1.54, 1.807) is 13.1 Å². The lowest BCUT2D eigenvalue weighted by Crippen LogP contribution is -2.11. The third-order valence-corrected chi connectivity index (χ3v) is 1.97. The Hall–Kier alpha value is -1.27. The maximum Gasteiger partial charge on any atom is 0.180 e. The standard InChI is InChI=1S/C11H15NO2/c1-3-4-10(13)5-9(2)6-11-7-12-8-14-11/h7-10,13H,5-6H2,1-2H3. The fourth-order valence-electron chi connectivity index (χ4n) is 1.38. The first kappa shape index (κ1) is 10.8. The number of aliphatic hydroxyl groups is 1. The van der Waals surface area contributed by atoms with E-state index in [0.717, 1.165) is 12.2 Å². The van der Waals surface area contributed by atoms with Crippen LogP contribution in [0.5, 0.6) is 0 Å². The van der Waals surface area contributed by atoms with Gasteiger partial charge in [0.25, 0.3) is 0 Å². The van der Waals surface area contributed by atoms with E-state index >= 15 is 0 Å². The molecule has 0 fully saturated rings. The normalized spacial score (nSPS) is 14.2. The van der Waals surface area contributed by atoms with Gasteiger partial charge in [-0.1, -0.05) is 12.8 Å². The molecule has 14 heavy (non-hydrogen) atoms. The number of hydrogen-bond donors (Lipinski definition) is 1. The van der Waals surface area contributed by atoms with Crippen molar-refractivity contribution in [1.82, 2.24) is 4.98 Å². The first-order valence-corrected chi connectivity index (χ1v) is 4.70. The topological polar surface area (TPSA) is 46.3 Å². The van der Waals surface area contributed by atoms with Crippen LogP contribution in [-0.4, -0.2) is 16.2 Å². The van der Waals surface area contributed by atoms with Crippen LogP contribution in [0, 0.1) is 17.8 Å². The van der Waals surface area contributed by atoms with Gasteiger partial charge in [-0.25, -0.2) is 4.98 Å². The Balaban J connectivity index is 2.34. The average molecular weight is 193 g/mol. The minimum atomic E-state index is -0.530. The molecule has 0 aliphatic heterocycles. The maximum atomic E-state index is 9.43. The summed E-state index contributed by atoms with van der Waals surface area (Å²) in [7, 11) is 0. The van der Waals surface area contributed by atoms with Crippen LogP contribution in [0.15, 0.2) is 17.0 Å². The highest BCUT2D eigenvalue weighted by atomic mass is 16.3. The lowest BCUT2D eigenvalue weighted by atomic mass is 9.99. The highest BCUT2D eigenvalue weighted by Crippen LogP contribution is 2.12. The minimum Gasteiger partial charge on any atom is -0.449 e. The molecule has 1 N–H and O–H groups in total. The molecule has 76 valence electrons. The third-order valence-electron chi connectivity index (χ3n) is 1.97. The van der Waals surface area contributed by atoms with Gasteiger partial charge in [0.15, 0.2) is 6.39 Å². The Morgan fingerprint density at radius 1 is 1.64 bits per heavy atom. The second kappa shape index (κ2) is 5.46. The molecule has 0 spiro atoms. The first-order valence-electron chi connectivity index (χ1n) is 4.70. The summed E-state index contributed by atoms with van der Waals surface area (Å²) in [5.74, 6) is 6.61. The van der Waals surface area contributed by atoms with Crippen molar-refractivity contribution in [3.05, 3.63) is 18.4 Å². The summed E-state index contributed by atoms with van der Waals surface area (Å²) < 4.78 is 5.12. The van der Waals surface area contributed by atoms with Crippen molar-refractivity contribution in [3.63, 3.8) is 0 Å². The summed E-state index contributed by atoms with van der Waals surface area (Å²) in [6.45, 7) is 3.79. The number of aromatic nitrogens is 1. The monoisotopic (exact) mass is 193 g/mol. The van der Waals surface area contributed by atoms with Gasteiger partial charge in [0, 0.05) is 6.42 Å². The second-order valence-electron chi connectivity index (χ2n) is 3.42. The van der Waals surface area contributed by atoms with Crippen molar-refractivity contribution < 1.29 is 9.52 Å². The number of hydrogen-bond acceptors (Lipinski definition) is 3. The summed E-state index contributed by atoms with van der Waals surface area (Å²) in [4.78, 5) is 3.83. The highest BCUT2D eigenvalue weighted by molar-refractivity contribution is 5.02. The van der Waals surface area contributed by atoms with E-state index in [4.69, 9.17) is 4.42 Å². The number of aliphatic hydroxyl groups excluding tert-OH is 1. The van der Waals surface area contributed by atoms with Crippen molar-refractivity contribution in [2.24, 2.45) is 5.92 Å². The van der Waals surface area contributed by atoms with Crippen LogP contribution in [0.3, 0.4) is 0 Å². The molecule has 3 nitrogen and oxygen atoms in total. The Bertz CT molecular complexity index is 308. The predicted octanol–water partition coefficient (Wildman–Crippen LogP) is 1.63. The van der Waals surface area contributed by atoms with Crippen molar-refractivity contribution in [2.75, 3.05) is 0 Å². The van der Waals surface area contributed by atoms with Crippen LogP contribution in [-0.2, 0) is 6.42 Å². The molecule has 2 unspecified atom stereocenters. The second-order valence-corrected chi connectivity index (χ2v) is 3.42. The molecule has 0 aliphatic rings. The number of rotatable bonds is 4. The van der Waals surface area contributed by atoms with Crippen molar-refractivity contribution in [2.45, 2.75) is 32.8 Å². The molecule has 1 rings (SSSR count). The molecular formula is C11H15NO2. The minimum absolute atomic E-state index is 0.346. The van der Waals surface area contributed by atoms with E-state index in [1.807, 2.05) is 0 Å². The zero-order valence-corrected chi connectivity index (χ0v) is 8.53. The van der Waals surface area contributed by atoms with Gasteiger partial charge >= 0.3 is 0 Å². The number of nitrogens with zero attached hydrogens (tertiary/aromatic N) is 1. The Kier molecular flexibility index (Phi) is 4.21. The molecular weight excluding hydrogens is 178 g/mol. The molecule has 1 heterocycles. The van der Waals surface area contributed by atoms with Crippen molar-refractivity contribution in [1.29, 1.82) is 0 Å². The van der Waals surface area contributed by atoms with Crippen LogP contribution < -0.4 is 0 Å². The van der Waals surface area contributed by atoms with Crippen LogP contribution in [0.2, 0.25) is 0 Å². The summed E-state index contributed by atoms with van der Waals surface area (Å²) in [5.41, 5.74) is 0. The Morgan fingerprint density at radius 3 is 3.00 bits per heavy atom. The zero-order valence-electron chi connectivity index (χ0n) is 8.53. The molecule has 2 atom stereocenters. The van der Waals surface area contributed by atoms with E-state index in [2.05, 4.69) is 23.7 Å². The predicted molar refractivity (Wildman–Crippen MR) is 53.4 cm³/mol. The molecule has 0 bridgehead atoms. The quantitative estimate of drug-likeness (QED) is 0.739. The fraction of sp³-hybridized carbons (Fsp3) is 0.545. The first-order chi connectivity index (χ1) is 6.72. The SMILES string of the molecule is CC#CC(O)CC(C)Cc1cnco1. The van der Waals surface area contributed by atoms with Crippen LogP contribution in [0.25, 0.3) is 0 Å². The van der Waals surface area contributed by atoms with Gasteiger partial charge in [0.05, 0.1) is 6.20 Å². The van der Waals surface area contributed by atoms with Gasteiger partial charge in [-0.15, -0.1) is 5.92 Å². The van der Waals surface area contributed by atoms with Crippen molar-refractivity contribution in [3.8, 4) is 11.8 Å². The van der Waals surface area contributed by atoms with Gasteiger partial charge in [0.2, 0.25) is 0 Å². The molecule has 0 amide bonds. The van der Waals surface area contributed by atoms with Gasteiger partial charge in [0.1, 0.15) is 11.9 Å². The lowest BCUT2D eigenvalue weighted by molar-refractivity contribution is 0.197. The molecule has 0 radical (unpaired) electrons. The van der Waals surface area contributed by atoms with E-state index in [-0.39, 0.29) is 0 Å². The summed E-state index contributed by atoms with van der Waals surface area (Å²) >= 11 is 0.